The summed E-state index contributed by atoms with van der Waals surface area (Å²) >= 11 is 0. The largest absolute Gasteiger partial charge is 0.328 e. The maximum absolute atomic E-state index is 13.8. The third kappa shape index (κ3) is 3.44. The van der Waals surface area contributed by atoms with Crippen molar-refractivity contribution in [3.05, 3.63) is 83.7 Å². The molecule has 1 aromatic heterocycles. The third-order valence-corrected chi connectivity index (χ3v) is 5.77. The van der Waals surface area contributed by atoms with Gasteiger partial charge in [-0.15, -0.1) is 0 Å². The Morgan fingerprint density at radius 3 is 2.71 bits per heavy atom. The molecule has 1 aliphatic heterocycles. The first-order chi connectivity index (χ1) is 13.4. The first-order valence-corrected chi connectivity index (χ1v) is 9.87. The van der Waals surface area contributed by atoms with Gasteiger partial charge in [0.05, 0.1) is 12.2 Å². The summed E-state index contributed by atoms with van der Waals surface area (Å²) in [5.74, 6) is -1.11. The smallest absolute Gasteiger partial charge is 0.264 e. The highest BCUT2D eigenvalue weighted by Gasteiger charge is 2.26. The highest BCUT2D eigenvalue weighted by Crippen LogP contribution is 2.24. The number of anilines is 1. The van der Waals surface area contributed by atoms with Crippen LogP contribution in [0.3, 0.4) is 0 Å². The standard InChI is InChI=1S/C19H15FN4O3S/c20-16-6-1-2-7-18(16)28(26,27)23-15-5-3-4-13(8-15)19(25)24-10-14-9-21-12-22-17(14)11-24/h1-9,12,23H,10-11H2. The van der Waals surface area contributed by atoms with Crippen LogP contribution in [0, 0.1) is 5.82 Å². The van der Waals surface area contributed by atoms with Crippen LogP contribution in [0.2, 0.25) is 0 Å². The van der Waals surface area contributed by atoms with Crippen molar-refractivity contribution in [2.45, 2.75) is 18.0 Å². The lowest BCUT2D eigenvalue weighted by atomic mass is 10.2. The molecular weight excluding hydrogens is 383 g/mol. The predicted molar refractivity (Wildman–Crippen MR) is 99.3 cm³/mol. The number of amides is 1. The van der Waals surface area contributed by atoms with Crippen molar-refractivity contribution in [2.24, 2.45) is 0 Å². The summed E-state index contributed by atoms with van der Waals surface area (Å²) in [5.41, 5.74) is 2.16. The number of carbonyl (C=O) groups is 1. The van der Waals surface area contributed by atoms with Crippen molar-refractivity contribution in [2.75, 3.05) is 4.72 Å². The zero-order chi connectivity index (χ0) is 19.7. The molecular formula is C19H15FN4O3S. The molecule has 1 aliphatic rings. The van der Waals surface area contributed by atoms with Gasteiger partial charge in [0.2, 0.25) is 0 Å². The lowest BCUT2D eigenvalue weighted by Crippen LogP contribution is -2.25. The van der Waals surface area contributed by atoms with E-state index >= 15 is 0 Å². The molecule has 3 aromatic rings. The Bertz CT molecular complexity index is 1140. The number of benzene rings is 2. The second-order valence-electron chi connectivity index (χ2n) is 6.27. The average molecular weight is 398 g/mol. The molecule has 28 heavy (non-hydrogen) atoms. The molecule has 0 atom stereocenters. The topological polar surface area (TPSA) is 92.3 Å². The normalized spacial score (nSPS) is 13.2. The van der Waals surface area contributed by atoms with Crippen molar-refractivity contribution in [1.29, 1.82) is 0 Å². The molecule has 0 radical (unpaired) electrons. The molecule has 0 aliphatic carbocycles. The van der Waals surface area contributed by atoms with E-state index in [0.29, 0.717) is 18.7 Å². The zero-order valence-corrected chi connectivity index (χ0v) is 15.4. The summed E-state index contributed by atoms with van der Waals surface area (Å²) in [4.78, 5) is 22.1. The molecule has 0 unspecified atom stereocenters. The van der Waals surface area contributed by atoms with Gasteiger partial charge in [0.25, 0.3) is 15.9 Å². The van der Waals surface area contributed by atoms with Crippen LogP contribution in [-0.2, 0) is 23.1 Å². The number of nitrogens with zero attached hydrogens (tertiary/aromatic N) is 3. The van der Waals surface area contributed by atoms with Crippen LogP contribution in [0.25, 0.3) is 0 Å². The minimum Gasteiger partial charge on any atom is -0.328 e. The van der Waals surface area contributed by atoms with Gasteiger partial charge in [-0.1, -0.05) is 18.2 Å². The number of fused-ring (bicyclic) bond motifs is 1. The summed E-state index contributed by atoms with van der Waals surface area (Å²) in [7, 11) is -4.12. The number of rotatable bonds is 4. The van der Waals surface area contributed by atoms with Crippen LogP contribution in [0.15, 0.2) is 66.0 Å². The molecule has 7 nitrogen and oxygen atoms in total. The molecule has 0 saturated carbocycles. The Morgan fingerprint density at radius 2 is 1.93 bits per heavy atom. The first-order valence-electron chi connectivity index (χ1n) is 8.38. The highest BCUT2D eigenvalue weighted by molar-refractivity contribution is 7.92. The molecule has 0 bridgehead atoms. The quantitative estimate of drug-likeness (QED) is 0.729. The monoisotopic (exact) mass is 398 g/mol. The Balaban J connectivity index is 1.55. The van der Waals surface area contributed by atoms with Crippen LogP contribution in [0.1, 0.15) is 21.6 Å². The fraction of sp³-hybridized carbons (Fsp3) is 0.105. The highest BCUT2D eigenvalue weighted by atomic mass is 32.2. The number of aromatic nitrogens is 2. The van der Waals surface area contributed by atoms with E-state index in [-0.39, 0.29) is 11.6 Å². The first kappa shape index (κ1) is 18.1. The van der Waals surface area contributed by atoms with Crippen molar-refractivity contribution >= 4 is 21.6 Å². The lowest BCUT2D eigenvalue weighted by Gasteiger charge is -2.16. The summed E-state index contributed by atoms with van der Waals surface area (Å²) in [6, 6.07) is 11.2. The molecule has 2 aromatic carbocycles. The van der Waals surface area contributed by atoms with Crippen molar-refractivity contribution in [3.8, 4) is 0 Å². The van der Waals surface area contributed by atoms with Gasteiger partial charge < -0.3 is 4.90 Å². The number of carbonyl (C=O) groups excluding carboxylic acids is 1. The van der Waals surface area contributed by atoms with Crippen LogP contribution in [0.5, 0.6) is 0 Å². The molecule has 142 valence electrons. The summed E-state index contributed by atoms with van der Waals surface area (Å²) < 4.78 is 41.1. The maximum atomic E-state index is 13.8. The van der Waals surface area contributed by atoms with E-state index in [1.807, 2.05) is 0 Å². The van der Waals surface area contributed by atoms with E-state index in [2.05, 4.69) is 14.7 Å². The van der Waals surface area contributed by atoms with E-state index in [1.54, 1.807) is 23.2 Å². The number of nitrogens with one attached hydrogen (secondary N) is 1. The Labute approximate surface area is 160 Å². The fourth-order valence-corrected chi connectivity index (χ4v) is 4.14. The van der Waals surface area contributed by atoms with Gasteiger partial charge >= 0.3 is 0 Å². The van der Waals surface area contributed by atoms with Crippen LogP contribution < -0.4 is 4.72 Å². The number of hydrogen-bond donors (Lipinski definition) is 1. The number of sulfonamides is 1. The number of halogens is 1. The predicted octanol–water partition coefficient (Wildman–Crippen LogP) is 2.57. The summed E-state index contributed by atoms with van der Waals surface area (Å²) in [6.45, 7) is 0.752. The van der Waals surface area contributed by atoms with Gasteiger partial charge in [0, 0.05) is 29.6 Å². The molecule has 0 spiro atoms. The molecule has 0 fully saturated rings. The van der Waals surface area contributed by atoms with Crippen molar-refractivity contribution in [3.63, 3.8) is 0 Å². The average Bonchev–Trinajstić information content (AvgIpc) is 3.11. The Hall–Kier alpha value is -3.33. The van der Waals surface area contributed by atoms with Gasteiger partial charge in [0.1, 0.15) is 17.0 Å². The second-order valence-corrected chi connectivity index (χ2v) is 7.92. The summed E-state index contributed by atoms with van der Waals surface area (Å²) in [6.07, 6.45) is 3.11. The van der Waals surface area contributed by atoms with Crippen molar-refractivity contribution in [1.82, 2.24) is 14.9 Å². The minimum absolute atomic E-state index is 0.172. The van der Waals surface area contributed by atoms with E-state index in [4.69, 9.17) is 0 Å². The molecule has 1 N–H and O–H groups in total. The zero-order valence-electron chi connectivity index (χ0n) is 14.5. The van der Waals surface area contributed by atoms with Crippen molar-refractivity contribution < 1.29 is 17.6 Å². The van der Waals surface area contributed by atoms with Crippen LogP contribution >= 0.6 is 0 Å². The minimum atomic E-state index is -4.12. The van der Waals surface area contributed by atoms with E-state index in [9.17, 15) is 17.6 Å². The van der Waals surface area contributed by atoms with E-state index < -0.39 is 20.7 Å². The summed E-state index contributed by atoms with van der Waals surface area (Å²) in [5, 5.41) is 0. The molecule has 1 amide bonds. The van der Waals surface area contributed by atoms with E-state index in [1.165, 1.54) is 36.7 Å². The lowest BCUT2D eigenvalue weighted by molar-refractivity contribution is 0.0750. The molecule has 2 heterocycles. The Kier molecular flexibility index (Phi) is 4.52. The second kappa shape index (κ2) is 7.01. The van der Waals surface area contributed by atoms with Gasteiger partial charge in [-0.05, 0) is 30.3 Å². The van der Waals surface area contributed by atoms with Crippen LogP contribution in [-0.4, -0.2) is 29.2 Å². The number of hydrogen-bond acceptors (Lipinski definition) is 5. The molecule has 4 rings (SSSR count). The SMILES string of the molecule is O=C(c1cccc(NS(=O)(=O)c2ccccc2F)c1)N1Cc2cncnc2C1. The van der Waals surface area contributed by atoms with Gasteiger partial charge in [-0.3, -0.25) is 9.52 Å². The Morgan fingerprint density at radius 1 is 1.11 bits per heavy atom. The maximum Gasteiger partial charge on any atom is 0.264 e. The van der Waals surface area contributed by atoms with Gasteiger partial charge in [0.15, 0.2) is 0 Å². The van der Waals surface area contributed by atoms with Gasteiger partial charge in [-0.2, -0.15) is 0 Å². The molecule has 9 heteroatoms. The third-order valence-electron chi connectivity index (χ3n) is 4.36. The van der Waals surface area contributed by atoms with Crippen LogP contribution in [0.4, 0.5) is 10.1 Å². The molecule has 0 saturated heterocycles. The fourth-order valence-electron chi connectivity index (χ4n) is 3.02. The van der Waals surface area contributed by atoms with Gasteiger partial charge in [-0.25, -0.2) is 22.8 Å². The van der Waals surface area contributed by atoms with E-state index in [0.717, 1.165) is 17.3 Å².